The number of pyridine rings is 1. The SMILES string of the molecule is C[C@H](NC(=O)OC(C)(C)C)c1cccc(Oc2cccnc2)c1. The van der Waals surface area contributed by atoms with Gasteiger partial charge >= 0.3 is 6.09 Å². The molecule has 2 rings (SSSR count). The van der Waals surface area contributed by atoms with E-state index in [1.165, 1.54) is 0 Å². The summed E-state index contributed by atoms with van der Waals surface area (Å²) >= 11 is 0. The highest BCUT2D eigenvalue weighted by Gasteiger charge is 2.18. The maximum atomic E-state index is 11.8. The standard InChI is InChI=1S/C18H22N2O3/c1-13(20-17(21)23-18(2,3)4)14-7-5-8-15(11-14)22-16-9-6-10-19-12-16/h5-13H,1-4H3,(H,20,21)/t13-/m0/s1. The number of ether oxygens (including phenoxy) is 2. The molecule has 1 heterocycles. The van der Waals surface area contributed by atoms with E-state index in [1.807, 2.05) is 64.1 Å². The van der Waals surface area contributed by atoms with Gasteiger partial charge in [-0.15, -0.1) is 0 Å². The molecule has 5 nitrogen and oxygen atoms in total. The predicted molar refractivity (Wildman–Crippen MR) is 88.5 cm³/mol. The van der Waals surface area contributed by atoms with Crippen molar-refractivity contribution in [1.29, 1.82) is 0 Å². The molecular weight excluding hydrogens is 292 g/mol. The molecule has 23 heavy (non-hydrogen) atoms. The lowest BCUT2D eigenvalue weighted by atomic mass is 10.1. The molecule has 1 aromatic heterocycles. The highest BCUT2D eigenvalue weighted by molar-refractivity contribution is 5.68. The molecule has 0 saturated heterocycles. The van der Waals surface area contributed by atoms with Crippen LogP contribution in [0.4, 0.5) is 4.79 Å². The van der Waals surface area contributed by atoms with Gasteiger partial charge in [-0.2, -0.15) is 0 Å². The van der Waals surface area contributed by atoms with Gasteiger partial charge in [-0.25, -0.2) is 4.79 Å². The van der Waals surface area contributed by atoms with E-state index in [4.69, 9.17) is 9.47 Å². The molecule has 0 radical (unpaired) electrons. The van der Waals surface area contributed by atoms with Crippen LogP contribution in [0.15, 0.2) is 48.8 Å². The lowest BCUT2D eigenvalue weighted by Gasteiger charge is -2.22. The number of rotatable bonds is 4. The van der Waals surface area contributed by atoms with Crippen molar-refractivity contribution in [3.8, 4) is 11.5 Å². The van der Waals surface area contributed by atoms with Crippen LogP contribution < -0.4 is 10.1 Å². The first kappa shape index (κ1) is 16.8. The van der Waals surface area contributed by atoms with Gasteiger partial charge in [0.2, 0.25) is 0 Å². The first-order valence-corrected chi connectivity index (χ1v) is 7.51. The number of benzene rings is 1. The lowest BCUT2D eigenvalue weighted by molar-refractivity contribution is 0.0508. The van der Waals surface area contributed by atoms with Gasteiger partial charge in [0.15, 0.2) is 0 Å². The Hall–Kier alpha value is -2.56. The van der Waals surface area contributed by atoms with Crippen molar-refractivity contribution in [2.75, 3.05) is 0 Å². The van der Waals surface area contributed by atoms with Crippen molar-refractivity contribution in [3.05, 3.63) is 54.4 Å². The van der Waals surface area contributed by atoms with Crippen molar-refractivity contribution in [1.82, 2.24) is 10.3 Å². The lowest BCUT2D eigenvalue weighted by Crippen LogP contribution is -2.34. The number of nitrogens with one attached hydrogen (secondary N) is 1. The molecule has 5 heteroatoms. The number of alkyl carbamates (subject to hydrolysis) is 1. The van der Waals surface area contributed by atoms with E-state index in [1.54, 1.807) is 12.4 Å². The fourth-order valence-electron chi connectivity index (χ4n) is 1.96. The summed E-state index contributed by atoms with van der Waals surface area (Å²) in [7, 11) is 0. The summed E-state index contributed by atoms with van der Waals surface area (Å²) < 4.78 is 11.0. The van der Waals surface area contributed by atoms with Crippen LogP contribution in [-0.4, -0.2) is 16.7 Å². The van der Waals surface area contributed by atoms with E-state index in [2.05, 4.69) is 10.3 Å². The third-order valence-electron chi connectivity index (χ3n) is 2.96. The van der Waals surface area contributed by atoms with Gasteiger partial charge in [-0.05, 0) is 57.5 Å². The fraction of sp³-hybridized carbons (Fsp3) is 0.333. The van der Waals surface area contributed by atoms with Gasteiger partial charge in [-0.1, -0.05) is 12.1 Å². The Labute approximate surface area is 136 Å². The zero-order valence-electron chi connectivity index (χ0n) is 13.9. The molecule has 1 atom stereocenters. The summed E-state index contributed by atoms with van der Waals surface area (Å²) in [5, 5.41) is 2.81. The molecule has 0 bridgehead atoms. The van der Waals surface area contributed by atoms with Crippen molar-refractivity contribution in [2.24, 2.45) is 0 Å². The highest BCUT2D eigenvalue weighted by Crippen LogP contribution is 2.24. The second kappa shape index (κ2) is 7.13. The van der Waals surface area contributed by atoms with E-state index >= 15 is 0 Å². The number of nitrogens with zero attached hydrogens (tertiary/aromatic N) is 1. The Bertz CT molecular complexity index is 651. The smallest absolute Gasteiger partial charge is 0.408 e. The molecule has 1 amide bonds. The minimum Gasteiger partial charge on any atom is -0.456 e. The number of hydrogen-bond donors (Lipinski definition) is 1. The van der Waals surface area contributed by atoms with Crippen LogP contribution in [0, 0.1) is 0 Å². The van der Waals surface area contributed by atoms with Gasteiger partial charge in [-0.3, -0.25) is 4.98 Å². The quantitative estimate of drug-likeness (QED) is 0.905. The topological polar surface area (TPSA) is 60.5 Å². The Morgan fingerprint density at radius 3 is 2.57 bits per heavy atom. The molecule has 0 fully saturated rings. The van der Waals surface area contributed by atoms with E-state index < -0.39 is 11.7 Å². The molecule has 122 valence electrons. The molecule has 0 saturated carbocycles. The zero-order valence-corrected chi connectivity index (χ0v) is 13.9. The van der Waals surface area contributed by atoms with Gasteiger partial charge in [0.25, 0.3) is 0 Å². The summed E-state index contributed by atoms with van der Waals surface area (Å²) in [5.74, 6) is 1.35. The second-order valence-electron chi connectivity index (χ2n) is 6.23. The highest BCUT2D eigenvalue weighted by atomic mass is 16.6. The molecule has 2 aromatic rings. The van der Waals surface area contributed by atoms with E-state index in [0.717, 1.165) is 5.56 Å². The maximum absolute atomic E-state index is 11.8. The molecule has 0 spiro atoms. The van der Waals surface area contributed by atoms with Gasteiger partial charge in [0.05, 0.1) is 12.2 Å². The van der Waals surface area contributed by atoms with Crippen molar-refractivity contribution in [3.63, 3.8) is 0 Å². The average molecular weight is 314 g/mol. The molecule has 0 aliphatic heterocycles. The van der Waals surface area contributed by atoms with E-state index in [9.17, 15) is 4.79 Å². The molecule has 1 aromatic carbocycles. The van der Waals surface area contributed by atoms with Crippen LogP contribution in [0.5, 0.6) is 11.5 Å². The van der Waals surface area contributed by atoms with E-state index in [0.29, 0.717) is 11.5 Å². The van der Waals surface area contributed by atoms with Crippen LogP contribution >= 0.6 is 0 Å². The number of aromatic nitrogens is 1. The minimum atomic E-state index is -0.519. The zero-order chi connectivity index (χ0) is 16.9. The second-order valence-corrected chi connectivity index (χ2v) is 6.23. The summed E-state index contributed by atoms with van der Waals surface area (Å²) in [6.45, 7) is 7.39. The maximum Gasteiger partial charge on any atom is 0.408 e. The summed E-state index contributed by atoms with van der Waals surface area (Å²) in [5.41, 5.74) is 0.409. The molecule has 0 aliphatic rings. The number of carbonyl (C=O) groups is 1. The number of hydrogen-bond acceptors (Lipinski definition) is 4. The first-order valence-electron chi connectivity index (χ1n) is 7.51. The molecular formula is C18H22N2O3. The molecule has 1 N–H and O–H groups in total. The van der Waals surface area contributed by atoms with Gasteiger partial charge < -0.3 is 14.8 Å². The average Bonchev–Trinajstić information content (AvgIpc) is 2.46. The largest absolute Gasteiger partial charge is 0.456 e. The Morgan fingerprint density at radius 2 is 1.91 bits per heavy atom. The summed E-state index contributed by atoms with van der Waals surface area (Å²) in [6.07, 6.45) is 2.90. The van der Waals surface area contributed by atoms with Crippen LogP contribution in [0.1, 0.15) is 39.3 Å². The predicted octanol–water partition coefficient (Wildman–Crippen LogP) is 4.46. The molecule has 0 aliphatic carbocycles. The Kier molecular flexibility index (Phi) is 5.21. The summed E-state index contributed by atoms with van der Waals surface area (Å²) in [4.78, 5) is 15.9. The van der Waals surface area contributed by atoms with Crippen molar-refractivity contribution < 1.29 is 14.3 Å². The van der Waals surface area contributed by atoms with Crippen LogP contribution in [0.25, 0.3) is 0 Å². The summed E-state index contributed by atoms with van der Waals surface area (Å²) in [6, 6.07) is 11.0. The van der Waals surface area contributed by atoms with Crippen molar-refractivity contribution in [2.45, 2.75) is 39.3 Å². The number of carbonyl (C=O) groups excluding carboxylic acids is 1. The van der Waals surface area contributed by atoms with Gasteiger partial charge in [0.1, 0.15) is 17.1 Å². The fourth-order valence-corrected chi connectivity index (χ4v) is 1.96. The van der Waals surface area contributed by atoms with Gasteiger partial charge in [0, 0.05) is 6.20 Å². The van der Waals surface area contributed by atoms with Crippen LogP contribution in [-0.2, 0) is 4.74 Å². The van der Waals surface area contributed by atoms with E-state index in [-0.39, 0.29) is 6.04 Å². The number of amides is 1. The van der Waals surface area contributed by atoms with Crippen LogP contribution in [0.3, 0.4) is 0 Å². The Balaban J connectivity index is 2.02. The Morgan fingerprint density at radius 1 is 1.17 bits per heavy atom. The molecule has 0 unspecified atom stereocenters. The van der Waals surface area contributed by atoms with Crippen LogP contribution in [0.2, 0.25) is 0 Å². The first-order chi connectivity index (χ1) is 10.8. The third kappa shape index (κ3) is 5.62. The third-order valence-corrected chi connectivity index (χ3v) is 2.96. The van der Waals surface area contributed by atoms with Crippen molar-refractivity contribution >= 4 is 6.09 Å². The minimum absolute atomic E-state index is 0.192. The monoisotopic (exact) mass is 314 g/mol. The normalized spacial score (nSPS) is 12.3.